The number of amides is 1. The minimum absolute atomic E-state index is 0.0531. The Morgan fingerprint density at radius 1 is 1.16 bits per heavy atom. The molecule has 0 bridgehead atoms. The third kappa shape index (κ3) is 4.11. The Balaban J connectivity index is 1.67. The van der Waals surface area contributed by atoms with E-state index in [0.717, 1.165) is 27.7 Å². The third-order valence-corrected chi connectivity index (χ3v) is 6.48. The lowest BCUT2D eigenvalue weighted by Crippen LogP contribution is -2.45. The normalized spacial score (nSPS) is 17.5. The Morgan fingerprint density at radius 3 is 2.59 bits per heavy atom. The van der Waals surface area contributed by atoms with Crippen molar-refractivity contribution in [1.29, 1.82) is 5.26 Å². The van der Waals surface area contributed by atoms with E-state index in [-0.39, 0.29) is 18.9 Å². The van der Waals surface area contributed by atoms with Gasteiger partial charge >= 0.3 is 5.97 Å². The summed E-state index contributed by atoms with van der Waals surface area (Å²) in [6, 6.07) is 19.8. The Labute approximate surface area is 187 Å². The van der Waals surface area contributed by atoms with Gasteiger partial charge in [-0.1, -0.05) is 55.5 Å². The van der Waals surface area contributed by atoms with Crippen molar-refractivity contribution < 1.29 is 14.7 Å². The van der Waals surface area contributed by atoms with E-state index in [9.17, 15) is 14.7 Å². The van der Waals surface area contributed by atoms with Crippen LogP contribution in [-0.2, 0) is 35.5 Å². The number of benzene rings is 2. The van der Waals surface area contributed by atoms with Crippen LogP contribution in [-0.4, -0.2) is 33.0 Å². The van der Waals surface area contributed by atoms with Crippen LogP contribution < -0.4 is 0 Å². The maximum Gasteiger partial charge on any atom is 0.323 e. The van der Waals surface area contributed by atoms with Crippen molar-refractivity contribution in [1.82, 2.24) is 9.47 Å². The summed E-state index contributed by atoms with van der Waals surface area (Å²) in [7, 11) is 0. The van der Waals surface area contributed by atoms with Gasteiger partial charge < -0.3 is 14.6 Å². The van der Waals surface area contributed by atoms with Crippen LogP contribution in [0.25, 0.3) is 10.9 Å². The van der Waals surface area contributed by atoms with Crippen molar-refractivity contribution in [2.75, 3.05) is 6.54 Å². The van der Waals surface area contributed by atoms with Crippen molar-refractivity contribution in [2.45, 2.75) is 45.7 Å². The molecule has 1 aromatic heterocycles. The summed E-state index contributed by atoms with van der Waals surface area (Å²) in [6.07, 6.45) is 2.15. The van der Waals surface area contributed by atoms with Crippen LogP contribution in [0.2, 0.25) is 0 Å². The van der Waals surface area contributed by atoms with Gasteiger partial charge in [0.1, 0.15) is 6.54 Å². The fourth-order valence-electron chi connectivity index (χ4n) is 4.91. The number of para-hydroxylation sites is 1. The Hall–Kier alpha value is -3.59. The molecule has 0 aliphatic heterocycles. The van der Waals surface area contributed by atoms with Crippen LogP contribution in [0.3, 0.4) is 0 Å². The highest BCUT2D eigenvalue weighted by Gasteiger charge is 2.41. The molecule has 0 saturated heterocycles. The van der Waals surface area contributed by atoms with Crippen LogP contribution in [0.4, 0.5) is 0 Å². The lowest BCUT2D eigenvalue weighted by Gasteiger charge is -2.37. The summed E-state index contributed by atoms with van der Waals surface area (Å²) in [4.78, 5) is 27.1. The molecule has 0 saturated carbocycles. The smallest absolute Gasteiger partial charge is 0.323 e. The van der Waals surface area contributed by atoms with E-state index in [1.54, 1.807) is 4.90 Å². The quantitative estimate of drug-likeness (QED) is 0.611. The molecule has 4 rings (SSSR count). The molecule has 6 nitrogen and oxygen atoms in total. The average Bonchev–Trinajstić information content (AvgIpc) is 3.09. The largest absolute Gasteiger partial charge is 0.480 e. The van der Waals surface area contributed by atoms with E-state index in [1.165, 1.54) is 0 Å². The minimum atomic E-state index is -0.872. The number of aliphatic carboxylic acids is 1. The van der Waals surface area contributed by atoms with E-state index in [0.29, 0.717) is 32.4 Å². The highest BCUT2D eigenvalue weighted by atomic mass is 16.4. The predicted octanol–water partition coefficient (Wildman–Crippen LogP) is 4.16. The zero-order valence-corrected chi connectivity index (χ0v) is 18.3. The highest BCUT2D eigenvalue weighted by molar-refractivity contribution is 5.90. The molecule has 1 atom stereocenters. The first-order chi connectivity index (χ1) is 15.4. The first-order valence-corrected chi connectivity index (χ1v) is 10.9. The zero-order valence-electron chi connectivity index (χ0n) is 18.3. The maximum absolute atomic E-state index is 13.8. The van der Waals surface area contributed by atoms with Gasteiger partial charge in [0.15, 0.2) is 0 Å². The van der Waals surface area contributed by atoms with Crippen molar-refractivity contribution >= 4 is 22.8 Å². The molecular formula is C26H27N3O3. The van der Waals surface area contributed by atoms with Gasteiger partial charge in [0.05, 0.1) is 17.9 Å². The van der Waals surface area contributed by atoms with E-state index >= 15 is 0 Å². The molecule has 1 unspecified atom stereocenters. The second-order valence-corrected chi connectivity index (χ2v) is 8.78. The minimum Gasteiger partial charge on any atom is -0.480 e. The molecular weight excluding hydrogens is 402 g/mol. The summed E-state index contributed by atoms with van der Waals surface area (Å²) in [5, 5.41) is 19.6. The van der Waals surface area contributed by atoms with Crippen LogP contribution in [0.15, 0.2) is 54.6 Å². The second-order valence-electron chi connectivity index (χ2n) is 8.78. The van der Waals surface area contributed by atoms with Crippen molar-refractivity contribution in [3.8, 4) is 6.07 Å². The Kier molecular flexibility index (Phi) is 6.00. The highest BCUT2D eigenvalue weighted by Crippen LogP contribution is 2.41. The molecule has 1 heterocycles. The van der Waals surface area contributed by atoms with Gasteiger partial charge in [0, 0.05) is 29.7 Å². The Bertz CT molecular complexity index is 1190. The number of nitriles is 1. The molecule has 2 aromatic carbocycles. The monoisotopic (exact) mass is 429 g/mol. The van der Waals surface area contributed by atoms with Crippen LogP contribution >= 0.6 is 0 Å². The van der Waals surface area contributed by atoms with Crippen LogP contribution in [0, 0.1) is 16.7 Å². The van der Waals surface area contributed by atoms with Crippen LogP contribution in [0.5, 0.6) is 0 Å². The lowest BCUT2D eigenvalue weighted by molar-refractivity contribution is -0.143. The molecule has 1 N–H and O–H groups in total. The SMILES string of the molecule is CC1(C(=O)N(CCC#N)Cc2ccccc2)CCc2c(c3ccccc3n2CC(=O)O)C1. The molecule has 0 fully saturated rings. The predicted molar refractivity (Wildman–Crippen MR) is 122 cm³/mol. The van der Waals surface area contributed by atoms with E-state index in [1.807, 2.05) is 66.1 Å². The van der Waals surface area contributed by atoms with Gasteiger partial charge in [-0.2, -0.15) is 5.26 Å². The average molecular weight is 430 g/mol. The standard InChI is InChI=1S/C26H27N3O3/c1-26(25(32)28(15-7-14-27)17-19-8-3-2-4-9-19)13-12-23-21(16-26)20-10-5-6-11-22(20)29(23)18-24(30)31/h2-6,8-11H,7,12-13,15-18H2,1H3,(H,30,31). The first-order valence-electron chi connectivity index (χ1n) is 10.9. The lowest BCUT2D eigenvalue weighted by atomic mass is 9.73. The zero-order chi connectivity index (χ0) is 22.7. The number of fused-ring (bicyclic) bond motifs is 3. The number of carbonyl (C=O) groups is 2. The summed E-state index contributed by atoms with van der Waals surface area (Å²) < 4.78 is 1.88. The van der Waals surface area contributed by atoms with Gasteiger partial charge in [-0.25, -0.2) is 0 Å². The molecule has 6 heteroatoms. The van der Waals surface area contributed by atoms with E-state index in [4.69, 9.17) is 5.26 Å². The van der Waals surface area contributed by atoms with Gasteiger partial charge in [-0.15, -0.1) is 0 Å². The maximum atomic E-state index is 13.8. The number of hydrogen-bond acceptors (Lipinski definition) is 3. The summed E-state index contributed by atoms with van der Waals surface area (Å²) >= 11 is 0. The fraction of sp³-hybridized carbons (Fsp3) is 0.346. The topological polar surface area (TPSA) is 86.3 Å². The van der Waals surface area contributed by atoms with Crippen molar-refractivity contribution in [3.63, 3.8) is 0 Å². The van der Waals surface area contributed by atoms with E-state index < -0.39 is 11.4 Å². The molecule has 1 amide bonds. The molecule has 0 radical (unpaired) electrons. The molecule has 164 valence electrons. The Morgan fingerprint density at radius 2 is 1.88 bits per heavy atom. The number of carboxylic acids is 1. The van der Waals surface area contributed by atoms with Gasteiger partial charge in [0.2, 0.25) is 5.91 Å². The fourth-order valence-corrected chi connectivity index (χ4v) is 4.91. The molecule has 3 aromatic rings. The van der Waals surface area contributed by atoms with E-state index in [2.05, 4.69) is 6.07 Å². The third-order valence-electron chi connectivity index (χ3n) is 6.48. The number of carbonyl (C=O) groups excluding carboxylic acids is 1. The van der Waals surface area contributed by atoms with Gasteiger partial charge in [-0.3, -0.25) is 9.59 Å². The van der Waals surface area contributed by atoms with Crippen LogP contribution in [0.1, 0.15) is 36.6 Å². The second kappa shape index (κ2) is 8.88. The number of carboxylic acid groups (broad SMARTS) is 1. The van der Waals surface area contributed by atoms with Gasteiger partial charge in [-0.05, 0) is 36.5 Å². The molecule has 1 aliphatic carbocycles. The van der Waals surface area contributed by atoms with Crippen molar-refractivity contribution in [3.05, 3.63) is 71.4 Å². The summed E-state index contributed by atoms with van der Waals surface area (Å²) in [5.74, 6) is -0.819. The molecule has 0 spiro atoms. The summed E-state index contributed by atoms with van der Waals surface area (Å²) in [6.45, 7) is 2.80. The summed E-state index contributed by atoms with van der Waals surface area (Å²) in [5.41, 5.74) is 3.43. The first kappa shape index (κ1) is 21.6. The van der Waals surface area contributed by atoms with Crippen molar-refractivity contribution in [2.24, 2.45) is 5.41 Å². The number of aromatic nitrogens is 1. The molecule has 1 aliphatic rings. The van der Waals surface area contributed by atoms with Gasteiger partial charge in [0.25, 0.3) is 0 Å². The number of nitrogens with zero attached hydrogens (tertiary/aromatic N) is 3. The molecule has 32 heavy (non-hydrogen) atoms. The number of rotatable bonds is 7. The number of hydrogen-bond donors (Lipinski definition) is 1.